The number of carbonyl (C=O) groups excluding carboxylic acids is 2. The van der Waals surface area contributed by atoms with E-state index in [1.165, 1.54) is 29.2 Å². The molecule has 0 radical (unpaired) electrons. The molecule has 1 atom stereocenters. The van der Waals surface area contributed by atoms with E-state index in [0.717, 1.165) is 11.1 Å². The third-order valence-electron chi connectivity index (χ3n) is 4.16. The molecule has 0 saturated heterocycles. The molecule has 2 aromatic carbocycles. The van der Waals surface area contributed by atoms with Crippen LogP contribution in [0.5, 0.6) is 0 Å². The molecule has 1 amide bonds. The second-order valence-electron chi connectivity index (χ2n) is 5.68. The lowest BCUT2D eigenvalue weighted by Crippen LogP contribution is -2.49. The summed E-state index contributed by atoms with van der Waals surface area (Å²) in [5.41, 5.74) is 2.40. The number of nitrogens with zero attached hydrogens (tertiary/aromatic N) is 1. The van der Waals surface area contributed by atoms with Crippen LogP contribution in [0.4, 0.5) is 4.39 Å². The number of halogens is 1. The molecular formula is C19H18FNO3. The molecule has 1 heterocycles. The van der Waals surface area contributed by atoms with Crippen molar-refractivity contribution in [2.45, 2.75) is 25.9 Å². The van der Waals surface area contributed by atoms with Crippen LogP contribution in [0, 0.1) is 5.82 Å². The van der Waals surface area contributed by atoms with E-state index in [2.05, 4.69) is 0 Å². The Kier molecular flexibility index (Phi) is 4.60. The average Bonchev–Trinajstić information content (AvgIpc) is 2.61. The fourth-order valence-electron chi connectivity index (χ4n) is 2.94. The lowest BCUT2D eigenvalue weighted by molar-refractivity contribution is -0.149. The van der Waals surface area contributed by atoms with E-state index in [9.17, 15) is 14.0 Å². The van der Waals surface area contributed by atoms with E-state index in [1.54, 1.807) is 6.92 Å². The van der Waals surface area contributed by atoms with Crippen LogP contribution in [-0.4, -0.2) is 29.4 Å². The van der Waals surface area contributed by atoms with Gasteiger partial charge in [0, 0.05) is 18.5 Å². The van der Waals surface area contributed by atoms with E-state index in [1.807, 2.05) is 24.3 Å². The number of hydrogen-bond donors (Lipinski definition) is 0. The van der Waals surface area contributed by atoms with Gasteiger partial charge < -0.3 is 9.64 Å². The molecular weight excluding hydrogens is 309 g/mol. The molecule has 0 aromatic heterocycles. The smallest absolute Gasteiger partial charge is 0.329 e. The maximum absolute atomic E-state index is 13.1. The second kappa shape index (κ2) is 6.83. The van der Waals surface area contributed by atoms with Gasteiger partial charge >= 0.3 is 5.97 Å². The molecule has 1 unspecified atom stereocenters. The highest BCUT2D eigenvalue weighted by Gasteiger charge is 2.35. The molecule has 0 spiro atoms. The quantitative estimate of drug-likeness (QED) is 0.814. The van der Waals surface area contributed by atoms with Gasteiger partial charge in [-0.15, -0.1) is 0 Å². The Morgan fingerprint density at radius 2 is 1.79 bits per heavy atom. The molecule has 0 bridgehead atoms. The third kappa shape index (κ3) is 3.15. The number of esters is 1. The van der Waals surface area contributed by atoms with Crippen molar-refractivity contribution in [3.05, 3.63) is 71.0 Å². The van der Waals surface area contributed by atoms with Crippen LogP contribution in [0.15, 0.2) is 48.5 Å². The van der Waals surface area contributed by atoms with Gasteiger partial charge in [-0.1, -0.05) is 24.3 Å². The van der Waals surface area contributed by atoms with Crippen LogP contribution >= 0.6 is 0 Å². The molecule has 3 rings (SSSR count). The Morgan fingerprint density at radius 1 is 1.12 bits per heavy atom. The first-order valence-electron chi connectivity index (χ1n) is 7.90. The van der Waals surface area contributed by atoms with Crippen molar-refractivity contribution in [1.82, 2.24) is 4.90 Å². The van der Waals surface area contributed by atoms with E-state index in [4.69, 9.17) is 4.74 Å². The molecule has 1 aliphatic heterocycles. The Balaban J connectivity index is 1.94. The zero-order chi connectivity index (χ0) is 17.1. The number of amides is 1. The highest BCUT2D eigenvalue weighted by molar-refractivity contribution is 5.97. The van der Waals surface area contributed by atoms with Crippen LogP contribution in [0.1, 0.15) is 28.4 Å². The Hall–Kier alpha value is -2.69. The summed E-state index contributed by atoms with van der Waals surface area (Å²) >= 11 is 0. The van der Waals surface area contributed by atoms with E-state index in [-0.39, 0.29) is 12.5 Å². The van der Waals surface area contributed by atoms with E-state index < -0.39 is 17.8 Å². The SMILES string of the molecule is CCOC(=O)C1Cc2ccccc2CN1C(=O)c1ccc(F)cc1. The first-order chi connectivity index (χ1) is 11.6. The van der Waals surface area contributed by atoms with Crippen LogP contribution in [0.3, 0.4) is 0 Å². The minimum atomic E-state index is -0.669. The van der Waals surface area contributed by atoms with Crippen LogP contribution in [-0.2, 0) is 22.5 Å². The summed E-state index contributed by atoms with van der Waals surface area (Å²) in [6.07, 6.45) is 0.419. The molecule has 0 fully saturated rings. The monoisotopic (exact) mass is 327 g/mol. The van der Waals surface area contributed by atoms with Gasteiger partial charge in [0.2, 0.25) is 0 Å². The van der Waals surface area contributed by atoms with Gasteiger partial charge in [0.25, 0.3) is 5.91 Å². The standard InChI is InChI=1S/C19H18FNO3/c1-2-24-19(23)17-11-14-5-3-4-6-15(14)12-21(17)18(22)13-7-9-16(20)10-8-13/h3-10,17H,2,11-12H2,1H3. The fourth-order valence-corrected chi connectivity index (χ4v) is 2.94. The van der Waals surface area contributed by atoms with Crippen molar-refractivity contribution >= 4 is 11.9 Å². The zero-order valence-electron chi connectivity index (χ0n) is 13.4. The molecule has 0 aliphatic carbocycles. The molecule has 4 nitrogen and oxygen atoms in total. The lowest BCUT2D eigenvalue weighted by atomic mass is 9.93. The predicted octanol–water partition coefficient (Wildman–Crippen LogP) is 2.96. The average molecular weight is 327 g/mol. The van der Waals surface area contributed by atoms with Crippen molar-refractivity contribution in [3.63, 3.8) is 0 Å². The van der Waals surface area contributed by atoms with Crippen molar-refractivity contribution in [3.8, 4) is 0 Å². The number of benzene rings is 2. The molecule has 5 heteroatoms. The summed E-state index contributed by atoms with van der Waals surface area (Å²) < 4.78 is 18.2. The molecule has 24 heavy (non-hydrogen) atoms. The lowest BCUT2D eigenvalue weighted by Gasteiger charge is -2.35. The van der Waals surface area contributed by atoms with Crippen LogP contribution < -0.4 is 0 Å². The Morgan fingerprint density at radius 3 is 2.46 bits per heavy atom. The van der Waals surface area contributed by atoms with E-state index >= 15 is 0 Å². The van der Waals surface area contributed by atoms with Gasteiger partial charge in [0.1, 0.15) is 11.9 Å². The van der Waals surface area contributed by atoms with Gasteiger partial charge in [-0.3, -0.25) is 4.79 Å². The Labute approximate surface area is 139 Å². The summed E-state index contributed by atoms with van der Waals surface area (Å²) in [4.78, 5) is 26.7. The second-order valence-corrected chi connectivity index (χ2v) is 5.68. The number of ether oxygens (including phenoxy) is 1. The number of hydrogen-bond acceptors (Lipinski definition) is 3. The van der Waals surface area contributed by atoms with Crippen molar-refractivity contribution in [2.75, 3.05) is 6.61 Å². The van der Waals surface area contributed by atoms with Gasteiger partial charge in [-0.05, 0) is 42.3 Å². The van der Waals surface area contributed by atoms with Crippen LogP contribution in [0.2, 0.25) is 0 Å². The molecule has 1 aliphatic rings. The number of rotatable bonds is 3. The maximum Gasteiger partial charge on any atom is 0.329 e. The largest absolute Gasteiger partial charge is 0.464 e. The van der Waals surface area contributed by atoms with Gasteiger partial charge in [-0.25, -0.2) is 9.18 Å². The van der Waals surface area contributed by atoms with Crippen molar-refractivity contribution in [1.29, 1.82) is 0 Å². The molecule has 0 N–H and O–H groups in total. The molecule has 0 saturated carbocycles. The summed E-state index contributed by atoms with van der Waals surface area (Å²) in [5, 5.41) is 0. The fraction of sp³-hybridized carbons (Fsp3) is 0.263. The summed E-state index contributed by atoms with van der Waals surface area (Å²) in [6, 6.07) is 12.4. The predicted molar refractivity (Wildman–Crippen MR) is 86.8 cm³/mol. The maximum atomic E-state index is 13.1. The topological polar surface area (TPSA) is 46.6 Å². The minimum absolute atomic E-state index is 0.259. The minimum Gasteiger partial charge on any atom is -0.464 e. The van der Waals surface area contributed by atoms with Gasteiger partial charge in [-0.2, -0.15) is 0 Å². The highest BCUT2D eigenvalue weighted by atomic mass is 19.1. The number of fused-ring (bicyclic) bond motifs is 1. The van der Waals surface area contributed by atoms with Crippen molar-refractivity contribution < 1.29 is 18.7 Å². The zero-order valence-corrected chi connectivity index (χ0v) is 13.4. The van der Waals surface area contributed by atoms with Gasteiger partial charge in [0.05, 0.1) is 6.61 Å². The van der Waals surface area contributed by atoms with Gasteiger partial charge in [0.15, 0.2) is 0 Å². The Bertz CT molecular complexity index is 757. The summed E-state index contributed by atoms with van der Waals surface area (Å²) in [5.74, 6) is -1.12. The van der Waals surface area contributed by atoms with Crippen molar-refractivity contribution in [2.24, 2.45) is 0 Å². The first-order valence-corrected chi connectivity index (χ1v) is 7.90. The molecule has 2 aromatic rings. The third-order valence-corrected chi connectivity index (χ3v) is 4.16. The van der Waals surface area contributed by atoms with E-state index in [0.29, 0.717) is 18.5 Å². The summed E-state index contributed by atoms with van der Waals surface area (Å²) in [7, 11) is 0. The first kappa shape index (κ1) is 16.2. The normalized spacial score (nSPS) is 16.4. The summed E-state index contributed by atoms with van der Waals surface area (Å²) in [6.45, 7) is 2.33. The number of carbonyl (C=O) groups is 2. The van der Waals surface area contributed by atoms with Crippen LogP contribution in [0.25, 0.3) is 0 Å². The highest BCUT2D eigenvalue weighted by Crippen LogP contribution is 2.26. The molecule has 124 valence electrons.